The van der Waals surface area contributed by atoms with Gasteiger partial charge < -0.3 is 14.7 Å². The highest BCUT2D eigenvalue weighted by Gasteiger charge is 2.27. The summed E-state index contributed by atoms with van der Waals surface area (Å²) in [6, 6.07) is 0. The fraction of sp³-hybridized carbons (Fsp3) is 0.500. The summed E-state index contributed by atoms with van der Waals surface area (Å²) in [7, 11) is -4.59. The number of hydrogen-bond acceptors (Lipinski definition) is 6. The van der Waals surface area contributed by atoms with Gasteiger partial charge in [-0.1, -0.05) is 6.58 Å². The Hall–Kier alpha value is -0.720. The highest BCUT2D eigenvalue weighted by atomic mass is 31.2. The standard InChI is InChI=1S/C6H11O7P/c1-4(2)6(9)13-14(10,11)12-3-5(7)8/h5,7-8H,1,3H2,2H3,(H,10,11). The van der Waals surface area contributed by atoms with E-state index in [4.69, 9.17) is 15.1 Å². The van der Waals surface area contributed by atoms with Gasteiger partial charge in [-0.05, 0) is 6.92 Å². The second kappa shape index (κ2) is 5.23. The lowest BCUT2D eigenvalue weighted by Crippen LogP contribution is -2.14. The maximum atomic E-state index is 10.9. The van der Waals surface area contributed by atoms with E-state index in [9.17, 15) is 9.36 Å². The SMILES string of the molecule is C=C(C)C(=O)OP(=O)(O)OCC(O)O. The molecule has 0 aliphatic heterocycles. The number of aliphatic hydroxyl groups is 2. The lowest BCUT2D eigenvalue weighted by Gasteiger charge is -2.11. The number of carbonyl (C=O) groups is 1. The van der Waals surface area contributed by atoms with E-state index in [1.807, 2.05) is 0 Å². The third-order valence-electron chi connectivity index (χ3n) is 0.933. The molecular weight excluding hydrogens is 215 g/mol. The molecule has 0 spiro atoms. The van der Waals surface area contributed by atoms with Crippen molar-refractivity contribution in [3.05, 3.63) is 12.2 Å². The molecular formula is C6H11O7P. The molecule has 0 rings (SSSR count). The van der Waals surface area contributed by atoms with E-state index in [0.717, 1.165) is 0 Å². The molecule has 7 nitrogen and oxygen atoms in total. The molecule has 0 aromatic carbocycles. The molecule has 0 radical (unpaired) electrons. The summed E-state index contributed by atoms with van der Waals surface area (Å²) in [5, 5.41) is 16.6. The number of rotatable bonds is 5. The Bertz CT molecular complexity index is 271. The van der Waals surface area contributed by atoms with Crippen LogP contribution in [0.2, 0.25) is 0 Å². The Balaban J connectivity index is 4.14. The molecule has 8 heteroatoms. The van der Waals surface area contributed by atoms with Gasteiger partial charge >= 0.3 is 13.8 Å². The van der Waals surface area contributed by atoms with E-state index in [1.54, 1.807) is 0 Å². The largest absolute Gasteiger partial charge is 0.530 e. The normalized spacial score (nSPS) is 14.9. The monoisotopic (exact) mass is 226 g/mol. The summed E-state index contributed by atoms with van der Waals surface area (Å²) in [5.41, 5.74) is -0.0765. The van der Waals surface area contributed by atoms with Gasteiger partial charge in [0.05, 0.1) is 0 Å². The summed E-state index contributed by atoms with van der Waals surface area (Å²) >= 11 is 0. The second-order valence-electron chi connectivity index (χ2n) is 2.40. The van der Waals surface area contributed by atoms with Crippen LogP contribution < -0.4 is 0 Å². The Kier molecular flexibility index (Phi) is 4.96. The zero-order chi connectivity index (χ0) is 11.4. The van der Waals surface area contributed by atoms with Crippen LogP contribution in [0.25, 0.3) is 0 Å². The molecule has 1 unspecified atom stereocenters. The topological polar surface area (TPSA) is 113 Å². The van der Waals surface area contributed by atoms with Crippen molar-refractivity contribution < 1.29 is 33.5 Å². The molecule has 0 heterocycles. The van der Waals surface area contributed by atoms with Crippen molar-refractivity contribution in [1.82, 2.24) is 0 Å². The summed E-state index contributed by atoms with van der Waals surface area (Å²) in [6.45, 7) is 3.62. The first kappa shape index (κ1) is 13.3. The van der Waals surface area contributed by atoms with Gasteiger partial charge in [0.15, 0.2) is 6.29 Å². The third-order valence-corrected chi connectivity index (χ3v) is 1.81. The van der Waals surface area contributed by atoms with E-state index < -0.39 is 26.7 Å². The van der Waals surface area contributed by atoms with Crippen molar-refractivity contribution in [1.29, 1.82) is 0 Å². The quantitative estimate of drug-likeness (QED) is 0.330. The summed E-state index contributed by atoms with van der Waals surface area (Å²) in [5.74, 6) is -1.09. The zero-order valence-electron chi connectivity index (χ0n) is 7.41. The minimum absolute atomic E-state index is 0.0765. The van der Waals surface area contributed by atoms with Crippen LogP contribution in [0.15, 0.2) is 12.2 Å². The van der Waals surface area contributed by atoms with Crippen LogP contribution in [0.4, 0.5) is 0 Å². The number of hydrogen-bond donors (Lipinski definition) is 3. The zero-order valence-corrected chi connectivity index (χ0v) is 8.31. The van der Waals surface area contributed by atoms with E-state index >= 15 is 0 Å². The Morgan fingerprint density at radius 3 is 2.43 bits per heavy atom. The maximum Gasteiger partial charge on any atom is 0.530 e. The van der Waals surface area contributed by atoms with Crippen molar-refractivity contribution in [2.75, 3.05) is 6.61 Å². The molecule has 82 valence electrons. The Morgan fingerprint density at radius 2 is 2.07 bits per heavy atom. The highest BCUT2D eigenvalue weighted by molar-refractivity contribution is 7.48. The fourth-order valence-electron chi connectivity index (χ4n) is 0.370. The van der Waals surface area contributed by atoms with Gasteiger partial charge in [-0.25, -0.2) is 9.36 Å². The van der Waals surface area contributed by atoms with E-state index in [-0.39, 0.29) is 5.57 Å². The molecule has 0 saturated carbocycles. The average molecular weight is 226 g/mol. The number of phosphoric ester groups is 1. The number of carbonyl (C=O) groups excluding carboxylic acids is 1. The summed E-state index contributed by atoms with van der Waals surface area (Å²) in [6.07, 6.45) is -1.92. The third kappa shape index (κ3) is 5.85. The summed E-state index contributed by atoms with van der Waals surface area (Å²) in [4.78, 5) is 19.6. The van der Waals surface area contributed by atoms with Crippen LogP contribution in [0.3, 0.4) is 0 Å². The molecule has 3 N–H and O–H groups in total. The van der Waals surface area contributed by atoms with Gasteiger partial charge in [-0.2, -0.15) is 0 Å². The molecule has 0 aromatic heterocycles. The predicted octanol–water partition coefficient (Wildman–Crippen LogP) is -0.467. The second-order valence-corrected chi connectivity index (χ2v) is 3.78. The van der Waals surface area contributed by atoms with Crippen molar-refractivity contribution in [3.8, 4) is 0 Å². The van der Waals surface area contributed by atoms with Gasteiger partial charge in [0.25, 0.3) is 0 Å². The van der Waals surface area contributed by atoms with Crippen molar-refractivity contribution in [3.63, 3.8) is 0 Å². The van der Waals surface area contributed by atoms with Crippen molar-refractivity contribution in [2.24, 2.45) is 0 Å². The Labute approximate surface area is 80.2 Å². The molecule has 0 saturated heterocycles. The van der Waals surface area contributed by atoms with E-state index in [0.29, 0.717) is 0 Å². The average Bonchev–Trinajstić information content (AvgIpc) is 2.00. The maximum absolute atomic E-state index is 10.9. The first-order valence-corrected chi connectivity index (χ1v) is 4.97. The minimum Gasteiger partial charge on any atom is -0.367 e. The van der Waals surface area contributed by atoms with Gasteiger partial charge in [-0.3, -0.25) is 9.42 Å². The molecule has 1 atom stereocenters. The molecule has 0 aliphatic carbocycles. The smallest absolute Gasteiger partial charge is 0.367 e. The van der Waals surface area contributed by atoms with Gasteiger partial charge in [-0.15, -0.1) is 0 Å². The lowest BCUT2D eigenvalue weighted by molar-refractivity contribution is -0.132. The molecule has 0 fully saturated rings. The highest BCUT2D eigenvalue weighted by Crippen LogP contribution is 2.43. The molecule has 0 aromatic rings. The number of phosphoric acid groups is 1. The molecule has 0 aliphatic rings. The molecule has 0 amide bonds. The molecule has 0 bridgehead atoms. The van der Waals surface area contributed by atoms with Gasteiger partial charge in [0, 0.05) is 5.57 Å². The fourth-order valence-corrected chi connectivity index (χ4v) is 1.11. The summed E-state index contributed by atoms with van der Waals surface area (Å²) < 4.78 is 18.9. The van der Waals surface area contributed by atoms with Crippen LogP contribution in [0.5, 0.6) is 0 Å². The van der Waals surface area contributed by atoms with Crippen molar-refractivity contribution >= 4 is 13.8 Å². The van der Waals surface area contributed by atoms with Crippen LogP contribution >= 0.6 is 7.82 Å². The predicted molar refractivity (Wildman–Crippen MR) is 44.9 cm³/mol. The minimum atomic E-state index is -4.59. The Morgan fingerprint density at radius 1 is 1.57 bits per heavy atom. The van der Waals surface area contributed by atoms with Crippen LogP contribution in [0.1, 0.15) is 6.92 Å². The molecule has 14 heavy (non-hydrogen) atoms. The van der Waals surface area contributed by atoms with Crippen molar-refractivity contribution in [2.45, 2.75) is 13.2 Å². The van der Waals surface area contributed by atoms with Crippen LogP contribution in [-0.4, -0.2) is 34.0 Å². The van der Waals surface area contributed by atoms with E-state index in [1.165, 1.54) is 6.92 Å². The van der Waals surface area contributed by atoms with E-state index in [2.05, 4.69) is 15.6 Å². The first-order valence-electron chi connectivity index (χ1n) is 3.47. The van der Waals surface area contributed by atoms with Gasteiger partial charge in [0.2, 0.25) is 0 Å². The lowest BCUT2D eigenvalue weighted by atomic mass is 10.4. The van der Waals surface area contributed by atoms with Gasteiger partial charge in [0.1, 0.15) is 6.61 Å². The first-order chi connectivity index (χ1) is 6.24. The number of aliphatic hydroxyl groups excluding tert-OH is 1. The van der Waals surface area contributed by atoms with Crippen LogP contribution in [-0.2, 0) is 18.4 Å². The van der Waals surface area contributed by atoms with Crippen LogP contribution in [0, 0.1) is 0 Å².